The Labute approximate surface area is 87.5 Å². The second-order valence-corrected chi connectivity index (χ2v) is 3.72. The average molecular weight is 207 g/mol. The number of aromatic nitrogens is 1. The Kier molecular flexibility index (Phi) is 2.22. The van der Waals surface area contributed by atoms with Crippen LogP contribution in [-0.4, -0.2) is 27.8 Å². The van der Waals surface area contributed by atoms with Gasteiger partial charge in [0.15, 0.2) is 0 Å². The van der Waals surface area contributed by atoms with Crippen molar-refractivity contribution in [1.29, 1.82) is 0 Å². The summed E-state index contributed by atoms with van der Waals surface area (Å²) in [6.07, 6.45) is 1.75. The standard InChI is InChI=1S/C10H13N3O2/c1-7(14)12-2-3-13-5-8(10(11)15)4-9(13)6-12/h4-5H,2-3,6H2,1H3,(H2,11,15). The Hall–Kier alpha value is -1.78. The van der Waals surface area contributed by atoms with E-state index >= 15 is 0 Å². The molecular weight excluding hydrogens is 194 g/mol. The molecule has 1 aromatic rings. The number of nitrogens with zero attached hydrogens (tertiary/aromatic N) is 2. The average Bonchev–Trinajstić information content (AvgIpc) is 2.59. The van der Waals surface area contributed by atoms with E-state index in [1.807, 2.05) is 4.57 Å². The first-order chi connectivity index (χ1) is 7.08. The van der Waals surface area contributed by atoms with Crippen molar-refractivity contribution in [2.75, 3.05) is 6.54 Å². The van der Waals surface area contributed by atoms with E-state index < -0.39 is 5.91 Å². The fourth-order valence-corrected chi connectivity index (χ4v) is 1.80. The van der Waals surface area contributed by atoms with Crippen molar-refractivity contribution in [2.24, 2.45) is 5.73 Å². The van der Waals surface area contributed by atoms with Crippen molar-refractivity contribution in [3.05, 3.63) is 23.5 Å². The van der Waals surface area contributed by atoms with Crippen molar-refractivity contribution in [1.82, 2.24) is 9.47 Å². The van der Waals surface area contributed by atoms with E-state index in [-0.39, 0.29) is 5.91 Å². The van der Waals surface area contributed by atoms with Crippen molar-refractivity contribution >= 4 is 11.8 Å². The molecule has 0 unspecified atom stereocenters. The van der Waals surface area contributed by atoms with E-state index in [0.717, 1.165) is 12.2 Å². The van der Waals surface area contributed by atoms with Gasteiger partial charge in [-0.3, -0.25) is 9.59 Å². The smallest absolute Gasteiger partial charge is 0.250 e. The summed E-state index contributed by atoms with van der Waals surface area (Å²) >= 11 is 0. The highest BCUT2D eigenvalue weighted by atomic mass is 16.2. The molecule has 80 valence electrons. The van der Waals surface area contributed by atoms with Gasteiger partial charge >= 0.3 is 0 Å². The molecule has 0 aromatic carbocycles. The minimum Gasteiger partial charge on any atom is -0.366 e. The van der Waals surface area contributed by atoms with Crippen LogP contribution < -0.4 is 5.73 Å². The Morgan fingerprint density at radius 3 is 2.73 bits per heavy atom. The first-order valence-corrected chi connectivity index (χ1v) is 4.82. The van der Waals surface area contributed by atoms with Gasteiger partial charge in [-0.1, -0.05) is 0 Å². The summed E-state index contributed by atoms with van der Waals surface area (Å²) < 4.78 is 1.97. The Morgan fingerprint density at radius 2 is 2.13 bits per heavy atom. The largest absolute Gasteiger partial charge is 0.366 e. The predicted octanol–water partition coefficient (Wildman–Crippen LogP) is -0.0509. The maximum absolute atomic E-state index is 11.2. The van der Waals surface area contributed by atoms with Gasteiger partial charge in [0.05, 0.1) is 12.1 Å². The molecule has 0 saturated heterocycles. The monoisotopic (exact) mass is 207 g/mol. The predicted molar refractivity (Wildman–Crippen MR) is 54.0 cm³/mol. The summed E-state index contributed by atoms with van der Waals surface area (Å²) in [7, 11) is 0. The summed E-state index contributed by atoms with van der Waals surface area (Å²) in [5.41, 5.74) is 6.66. The third-order valence-corrected chi connectivity index (χ3v) is 2.68. The number of hydrogen-bond donors (Lipinski definition) is 1. The lowest BCUT2D eigenvalue weighted by atomic mass is 10.2. The third kappa shape index (κ3) is 1.72. The number of rotatable bonds is 1. The topological polar surface area (TPSA) is 68.3 Å². The number of primary amides is 1. The molecule has 2 amide bonds. The minimum absolute atomic E-state index is 0.0584. The Morgan fingerprint density at radius 1 is 1.40 bits per heavy atom. The van der Waals surface area contributed by atoms with E-state index in [2.05, 4.69) is 0 Å². The first kappa shape index (κ1) is 9.76. The zero-order valence-corrected chi connectivity index (χ0v) is 8.56. The van der Waals surface area contributed by atoms with Crippen LogP contribution in [0.1, 0.15) is 23.0 Å². The maximum Gasteiger partial charge on any atom is 0.250 e. The van der Waals surface area contributed by atoms with Gasteiger partial charge in [-0.2, -0.15) is 0 Å². The van der Waals surface area contributed by atoms with Gasteiger partial charge < -0.3 is 15.2 Å². The number of amides is 2. The second kappa shape index (κ2) is 3.42. The number of nitrogens with two attached hydrogens (primary N) is 1. The minimum atomic E-state index is -0.425. The van der Waals surface area contributed by atoms with Crippen LogP contribution >= 0.6 is 0 Å². The van der Waals surface area contributed by atoms with E-state index in [0.29, 0.717) is 18.7 Å². The highest BCUT2D eigenvalue weighted by Crippen LogP contribution is 2.16. The molecule has 2 N–H and O–H groups in total. The summed E-state index contributed by atoms with van der Waals surface area (Å²) in [5, 5.41) is 0. The van der Waals surface area contributed by atoms with Crippen LogP contribution in [0.3, 0.4) is 0 Å². The normalized spacial score (nSPS) is 14.9. The third-order valence-electron chi connectivity index (χ3n) is 2.68. The van der Waals surface area contributed by atoms with E-state index in [1.54, 1.807) is 24.1 Å². The SMILES string of the molecule is CC(=O)N1CCn2cc(C(N)=O)cc2C1. The summed E-state index contributed by atoms with van der Waals surface area (Å²) in [6.45, 7) is 3.52. The van der Waals surface area contributed by atoms with E-state index in [4.69, 9.17) is 5.73 Å². The van der Waals surface area contributed by atoms with Crippen molar-refractivity contribution in [2.45, 2.75) is 20.0 Å². The van der Waals surface area contributed by atoms with Gasteiger partial charge in [0, 0.05) is 31.9 Å². The van der Waals surface area contributed by atoms with Gasteiger partial charge in [-0.05, 0) is 6.07 Å². The quantitative estimate of drug-likeness (QED) is 0.701. The van der Waals surface area contributed by atoms with Crippen LogP contribution in [0, 0.1) is 0 Å². The van der Waals surface area contributed by atoms with Crippen LogP contribution in [0.25, 0.3) is 0 Å². The number of fused-ring (bicyclic) bond motifs is 1. The molecule has 0 saturated carbocycles. The van der Waals surface area contributed by atoms with Gasteiger partial charge in [-0.25, -0.2) is 0 Å². The molecule has 5 heteroatoms. The molecule has 0 radical (unpaired) electrons. The number of hydrogen-bond acceptors (Lipinski definition) is 2. The highest BCUT2D eigenvalue weighted by Gasteiger charge is 2.19. The van der Waals surface area contributed by atoms with E-state index in [9.17, 15) is 9.59 Å². The van der Waals surface area contributed by atoms with Crippen molar-refractivity contribution in [3.63, 3.8) is 0 Å². The van der Waals surface area contributed by atoms with Crippen LogP contribution in [-0.2, 0) is 17.9 Å². The maximum atomic E-state index is 11.2. The molecule has 1 aromatic heterocycles. The molecule has 5 nitrogen and oxygen atoms in total. The highest BCUT2D eigenvalue weighted by molar-refractivity contribution is 5.92. The van der Waals surface area contributed by atoms with Crippen LogP contribution in [0.4, 0.5) is 0 Å². The molecule has 0 fully saturated rings. The van der Waals surface area contributed by atoms with Crippen molar-refractivity contribution < 1.29 is 9.59 Å². The Balaban J connectivity index is 2.26. The van der Waals surface area contributed by atoms with Crippen LogP contribution in [0.2, 0.25) is 0 Å². The summed E-state index contributed by atoms with van der Waals surface area (Å²) in [5.74, 6) is -0.366. The van der Waals surface area contributed by atoms with Crippen molar-refractivity contribution in [3.8, 4) is 0 Å². The molecule has 0 bridgehead atoms. The van der Waals surface area contributed by atoms with Gasteiger partial charge in [0.1, 0.15) is 0 Å². The molecule has 2 heterocycles. The molecule has 0 spiro atoms. The molecule has 1 aliphatic heterocycles. The zero-order chi connectivity index (χ0) is 11.0. The van der Waals surface area contributed by atoms with Gasteiger partial charge in [0.2, 0.25) is 11.8 Å². The zero-order valence-electron chi connectivity index (χ0n) is 8.56. The summed E-state index contributed by atoms with van der Waals surface area (Å²) in [4.78, 5) is 23.9. The van der Waals surface area contributed by atoms with Crippen LogP contribution in [0.5, 0.6) is 0 Å². The Bertz CT molecular complexity index is 422. The lowest BCUT2D eigenvalue weighted by Gasteiger charge is -2.27. The fraction of sp³-hybridized carbons (Fsp3) is 0.400. The lowest BCUT2D eigenvalue weighted by Crippen LogP contribution is -2.36. The van der Waals surface area contributed by atoms with Gasteiger partial charge in [0.25, 0.3) is 0 Å². The van der Waals surface area contributed by atoms with Gasteiger partial charge in [-0.15, -0.1) is 0 Å². The first-order valence-electron chi connectivity index (χ1n) is 4.82. The molecule has 1 aliphatic rings. The van der Waals surface area contributed by atoms with Crippen LogP contribution in [0.15, 0.2) is 12.3 Å². The molecular formula is C10H13N3O2. The van der Waals surface area contributed by atoms with E-state index in [1.165, 1.54) is 0 Å². The summed E-state index contributed by atoms with van der Waals surface area (Å²) in [6, 6.07) is 1.75. The number of carbonyl (C=O) groups excluding carboxylic acids is 2. The second-order valence-electron chi connectivity index (χ2n) is 3.72. The molecule has 0 aliphatic carbocycles. The lowest BCUT2D eigenvalue weighted by molar-refractivity contribution is -0.130. The fourth-order valence-electron chi connectivity index (χ4n) is 1.80. The molecule has 15 heavy (non-hydrogen) atoms. The molecule has 2 rings (SSSR count). The number of carbonyl (C=O) groups is 2. The molecule has 0 atom stereocenters.